The van der Waals surface area contributed by atoms with Crippen molar-refractivity contribution in [2.24, 2.45) is 0 Å². The summed E-state index contributed by atoms with van der Waals surface area (Å²) < 4.78 is 14.0. The molecule has 0 aliphatic carbocycles. The molecule has 1 aromatic carbocycles. The molecule has 2 heterocycles. The molecule has 1 aliphatic rings. The molecule has 1 aromatic heterocycles. The predicted octanol–water partition coefficient (Wildman–Crippen LogP) is 3.26. The standard InChI is InChI=1S/C14H7Cl2FN2O2/c15-7-3-4-18-8(5-7)6-19-12-10(17)2-1-9(16)11(12)13(20)14(19)21/h1-5H,6H2. The van der Waals surface area contributed by atoms with Gasteiger partial charge in [-0.1, -0.05) is 23.2 Å². The Bertz CT molecular complexity index is 780. The summed E-state index contributed by atoms with van der Waals surface area (Å²) >= 11 is 11.7. The average molecular weight is 325 g/mol. The van der Waals surface area contributed by atoms with Crippen molar-refractivity contribution in [2.75, 3.05) is 4.90 Å². The lowest BCUT2D eigenvalue weighted by molar-refractivity contribution is -0.114. The minimum Gasteiger partial charge on any atom is -0.296 e. The summed E-state index contributed by atoms with van der Waals surface area (Å²) in [6, 6.07) is 5.49. The fourth-order valence-electron chi connectivity index (χ4n) is 2.20. The van der Waals surface area contributed by atoms with Crippen LogP contribution in [-0.4, -0.2) is 16.7 Å². The Morgan fingerprint density at radius 3 is 2.67 bits per heavy atom. The highest BCUT2D eigenvalue weighted by Gasteiger charge is 2.40. The highest BCUT2D eigenvalue weighted by atomic mass is 35.5. The van der Waals surface area contributed by atoms with Gasteiger partial charge in [-0.05, 0) is 24.3 Å². The quantitative estimate of drug-likeness (QED) is 0.797. The number of hydrogen-bond donors (Lipinski definition) is 0. The summed E-state index contributed by atoms with van der Waals surface area (Å²) in [7, 11) is 0. The van der Waals surface area contributed by atoms with Gasteiger partial charge in [-0.3, -0.25) is 19.5 Å². The maximum absolute atomic E-state index is 14.0. The summed E-state index contributed by atoms with van der Waals surface area (Å²) in [4.78, 5) is 29.1. The molecular formula is C14H7Cl2FN2O2. The Morgan fingerprint density at radius 2 is 1.95 bits per heavy atom. The number of nitrogens with zero attached hydrogens (tertiary/aromatic N) is 2. The highest BCUT2D eigenvalue weighted by Crippen LogP contribution is 2.37. The van der Waals surface area contributed by atoms with Crippen LogP contribution in [-0.2, 0) is 11.3 Å². The number of carbonyl (C=O) groups is 2. The number of rotatable bonds is 2. The zero-order valence-corrected chi connectivity index (χ0v) is 12.0. The first-order chi connectivity index (χ1) is 9.99. The van der Waals surface area contributed by atoms with E-state index in [1.807, 2.05) is 0 Å². The summed E-state index contributed by atoms with van der Waals surface area (Å²) in [5, 5.41) is 0.482. The van der Waals surface area contributed by atoms with E-state index < -0.39 is 17.5 Å². The molecule has 1 aliphatic heterocycles. The number of halogens is 3. The van der Waals surface area contributed by atoms with E-state index in [1.165, 1.54) is 12.3 Å². The van der Waals surface area contributed by atoms with Crippen molar-refractivity contribution in [3.63, 3.8) is 0 Å². The molecule has 0 spiro atoms. The van der Waals surface area contributed by atoms with E-state index in [9.17, 15) is 14.0 Å². The van der Waals surface area contributed by atoms with Gasteiger partial charge in [0.25, 0.3) is 11.7 Å². The molecule has 0 saturated carbocycles. The van der Waals surface area contributed by atoms with Crippen LogP contribution in [0.4, 0.5) is 10.1 Å². The van der Waals surface area contributed by atoms with Crippen molar-refractivity contribution in [2.45, 2.75) is 6.54 Å². The van der Waals surface area contributed by atoms with Gasteiger partial charge in [0.2, 0.25) is 0 Å². The maximum Gasteiger partial charge on any atom is 0.299 e. The number of aromatic nitrogens is 1. The Kier molecular flexibility index (Phi) is 3.39. The molecule has 0 unspecified atom stereocenters. The first-order valence-corrected chi connectivity index (χ1v) is 6.69. The van der Waals surface area contributed by atoms with Crippen LogP contribution < -0.4 is 4.90 Å². The second-order valence-corrected chi connectivity index (χ2v) is 5.28. The third-order valence-electron chi connectivity index (χ3n) is 3.11. The molecule has 4 nitrogen and oxygen atoms in total. The van der Waals surface area contributed by atoms with Crippen LogP contribution in [0.15, 0.2) is 30.5 Å². The van der Waals surface area contributed by atoms with E-state index in [1.54, 1.807) is 12.1 Å². The van der Waals surface area contributed by atoms with Crippen LogP contribution in [0, 0.1) is 5.82 Å². The van der Waals surface area contributed by atoms with Crippen molar-refractivity contribution in [1.29, 1.82) is 0 Å². The fourth-order valence-corrected chi connectivity index (χ4v) is 2.62. The van der Waals surface area contributed by atoms with Crippen molar-refractivity contribution < 1.29 is 14.0 Å². The molecule has 0 radical (unpaired) electrons. The average Bonchev–Trinajstić information content (AvgIpc) is 2.69. The molecule has 0 N–H and O–H groups in total. The Hall–Kier alpha value is -1.98. The lowest BCUT2D eigenvalue weighted by Gasteiger charge is -2.16. The van der Waals surface area contributed by atoms with Crippen LogP contribution >= 0.6 is 23.2 Å². The first-order valence-electron chi connectivity index (χ1n) is 5.93. The van der Waals surface area contributed by atoms with Crippen molar-refractivity contribution >= 4 is 40.6 Å². The van der Waals surface area contributed by atoms with Gasteiger partial charge < -0.3 is 0 Å². The van der Waals surface area contributed by atoms with Crippen molar-refractivity contribution in [1.82, 2.24) is 4.98 Å². The van der Waals surface area contributed by atoms with Crippen molar-refractivity contribution in [3.8, 4) is 0 Å². The number of pyridine rings is 1. The van der Waals surface area contributed by atoms with Gasteiger partial charge in [0.1, 0.15) is 5.82 Å². The minimum absolute atomic E-state index is 0.0475. The number of amides is 1. The third kappa shape index (κ3) is 2.28. The largest absolute Gasteiger partial charge is 0.299 e. The normalized spacial score (nSPS) is 13.8. The first kappa shape index (κ1) is 14.0. The van der Waals surface area contributed by atoms with Gasteiger partial charge in [-0.2, -0.15) is 0 Å². The number of Topliss-reactive ketones (excluding diaryl/α,β-unsaturated/α-hetero) is 1. The number of fused-ring (bicyclic) bond motifs is 1. The Labute approximate surface area is 129 Å². The van der Waals surface area contributed by atoms with Gasteiger partial charge in [0.05, 0.1) is 28.5 Å². The molecule has 106 valence electrons. The predicted molar refractivity (Wildman–Crippen MR) is 76.2 cm³/mol. The van der Waals surface area contributed by atoms with E-state index in [0.29, 0.717) is 10.7 Å². The second-order valence-electron chi connectivity index (χ2n) is 4.44. The van der Waals surface area contributed by atoms with Gasteiger partial charge >= 0.3 is 0 Å². The number of hydrogen-bond acceptors (Lipinski definition) is 3. The third-order valence-corrected chi connectivity index (χ3v) is 3.66. The van der Waals surface area contributed by atoms with E-state index in [2.05, 4.69) is 4.98 Å². The van der Waals surface area contributed by atoms with Crippen LogP contribution in [0.2, 0.25) is 10.0 Å². The van der Waals surface area contributed by atoms with Crippen LogP contribution in [0.5, 0.6) is 0 Å². The lowest BCUT2D eigenvalue weighted by Crippen LogP contribution is -2.30. The van der Waals surface area contributed by atoms with Crippen LogP contribution in [0.3, 0.4) is 0 Å². The fraction of sp³-hybridized carbons (Fsp3) is 0.0714. The lowest BCUT2D eigenvalue weighted by atomic mass is 10.1. The van der Waals surface area contributed by atoms with Crippen LogP contribution in [0.1, 0.15) is 16.1 Å². The molecule has 1 amide bonds. The van der Waals surface area contributed by atoms with Crippen molar-refractivity contribution in [3.05, 3.63) is 57.6 Å². The molecule has 21 heavy (non-hydrogen) atoms. The van der Waals surface area contributed by atoms with Gasteiger partial charge in [0.15, 0.2) is 0 Å². The maximum atomic E-state index is 14.0. The molecule has 2 aromatic rings. The molecule has 7 heteroatoms. The van der Waals surface area contributed by atoms with Crippen LogP contribution in [0.25, 0.3) is 0 Å². The Morgan fingerprint density at radius 1 is 1.19 bits per heavy atom. The molecular weight excluding hydrogens is 318 g/mol. The number of ketones is 1. The molecule has 3 rings (SSSR count). The number of anilines is 1. The highest BCUT2D eigenvalue weighted by molar-refractivity contribution is 6.55. The topological polar surface area (TPSA) is 50.3 Å². The molecule has 0 atom stereocenters. The molecule has 0 bridgehead atoms. The summed E-state index contributed by atoms with van der Waals surface area (Å²) in [6.07, 6.45) is 1.47. The summed E-state index contributed by atoms with van der Waals surface area (Å²) in [5.41, 5.74) is 0.221. The number of benzene rings is 1. The van der Waals surface area contributed by atoms with E-state index in [0.717, 1.165) is 11.0 Å². The number of carbonyl (C=O) groups excluding carboxylic acids is 2. The molecule has 0 saturated heterocycles. The summed E-state index contributed by atoms with van der Waals surface area (Å²) in [6.45, 7) is -0.0601. The van der Waals surface area contributed by atoms with Gasteiger partial charge in [-0.15, -0.1) is 0 Å². The monoisotopic (exact) mass is 324 g/mol. The van der Waals surface area contributed by atoms with E-state index in [4.69, 9.17) is 23.2 Å². The van der Waals surface area contributed by atoms with E-state index in [-0.39, 0.29) is 22.8 Å². The second kappa shape index (κ2) is 5.09. The zero-order chi connectivity index (χ0) is 15.1. The minimum atomic E-state index is -0.834. The summed E-state index contributed by atoms with van der Waals surface area (Å²) in [5.74, 6) is -2.34. The smallest absolute Gasteiger partial charge is 0.296 e. The Balaban J connectivity index is 2.08. The SMILES string of the molecule is O=C1C(=O)N(Cc2cc(Cl)ccn2)c2c(F)ccc(Cl)c21. The van der Waals surface area contributed by atoms with E-state index >= 15 is 0 Å². The van der Waals surface area contributed by atoms with Gasteiger partial charge in [-0.25, -0.2) is 4.39 Å². The zero-order valence-electron chi connectivity index (χ0n) is 10.4. The van der Waals surface area contributed by atoms with Gasteiger partial charge in [0, 0.05) is 11.2 Å². The molecule has 0 fully saturated rings.